The molecule has 0 saturated carbocycles. The maximum absolute atomic E-state index is 12.9. The van der Waals surface area contributed by atoms with Gasteiger partial charge in [-0.15, -0.1) is 0 Å². The SMILES string of the molecule is N#Cc1c(C=O)c2ccccc2n1S(=O)(=O)c1ccccc1. The lowest BCUT2D eigenvalue weighted by Crippen LogP contribution is -2.15. The van der Waals surface area contributed by atoms with Crippen LogP contribution in [0.2, 0.25) is 0 Å². The zero-order valence-corrected chi connectivity index (χ0v) is 12.1. The number of aromatic nitrogens is 1. The van der Waals surface area contributed by atoms with Crippen LogP contribution in [0.15, 0.2) is 59.5 Å². The van der Waals surface area contributed by atoms with Crippen molar-refractivity contribution in [2.75, 3.05) is 0 Å². The Labute approximate surface area is 127 Å². The van der Waals surface area contributed by atoms with Gasteiger partial charge in [0, 0.05) is 5.39 Å². The molecular formula is C16H10N2O3S. The van der Waals surface area contributed by atoms with Crippen LogP contribution in [0, 0.1) is 11.3 Å². The summed E-state index contributed by atoms with van der Waals surface area (Å²) >= 11 is 0. The maximum atomic E-state index is 12.9. The summed E-state index contributed by atoms with van der Waals surface area (Å²) in [6, 6.07) is 16.2. The van der Waals surface area contributed by atoms with Gasteiger partial charge >= 0.3 is 0 Å². The molecule has 5 nitrogen and oxygen atoms in total. The number of fused-ring (bicyclic) bond motifs is 1. The number of benzene rings is 2. The Morgan fingerprint density at radius 3 is 2.27 bits per heavy atom. The Morgan fingerprint density at radius 2 is 1.64 bits per heavy atom. The van der Waals surface area contributed by atoms with Gasteiger partial charge in [0.25, 0.3) is 10.0 Å². The van der Waals surface area contributed by atoms with Gasteiger partial charge in [0.2, 0.25) is 0 Å². The van der Waals surface area contributed by atoms with E-state index in [1.807, 2.05) is 6.07 Å². The molecule has 0 aliphatic rings. The minimum absolute atomic E-state index is 0.0599. The fourth-order valence-corrected chi connectivity index (χ4v) is 3.92. The molecule has 0 aliphatic heterocycles. The minimum Gasteiger partial charge on any atom is -0.298 e. The van der Waals surface area contributed by atoms with Crippen molar-refractivity contribution in [2.24, 2.45) is 0 Å². The van der Waals surface area contributed by atoms with Gasteiger partial charge in [-0.2, -0.15) is 5.26 Å². The van der Waals surface area contributed by atoms with Gasteiger partial charge in [-0.05, 0) is 18.2 Å². The molecule has 3 aromatic rings. The fraction of sp³-hybridized carbons (Fsp3) is 0. The monoisotopic (exact) mass is 310 g/mol. The van der Waals surface area contributed by atoms with Crippen molar-refractivity contribution in [3.05, 3.63) is 65.9 Å². The Morgan fingerprint density at radius 1 is 1.00 bits per heavy atom. The third-order valence-corrected chi connectivity index (χ3v) is 5.10. The summed E-state index contributed by atoms with van der Waals surface area (Å²) in [5.74, 6) is 0. The first kappa shape index (κ1) is 14.0. The number of para-hydroxylation sites is 1. The zero-order chi connectivity index (χ0) is 15.7. The summed E-state index contributed by atoms with van der Waals surface area (Å²) in [5.41, 5.74) is 0.211. The minimum atomic E-state index is -3.96. The molecule has 0 aliphatic carbocycles. The molecule has 1 heterocycles. The fourth-order valence-electron chi connectivity index (χ4n) is 2.41. The Balaban J connectivity index is 2.47. The molecule has 3 rings (SSSR count). The number of rotatable bonds is 3. The second kappa shape index (κ2) is 5.13. The number of carbonyl (C=O) groups excluding carboxylic acids is 1. The standard InChI is InChI=1S/C16H10N2O3S/c17-10-16-14(11-19)13-8-4-5-9-15(13)18(16)22(20,21)12-6-2-1-3-7-12/h1-9,11H. The normalized spacial score (nSPS) is 11.2. The molecule has 0 atom stereocenters. The predicted molar refractivity (Wildman–Crippen MR) is 81.1 cm³/mol. The smallest absolute Gasteiger partial charge is 0.269 e. The Bertz CT molecular complexity index is 1010. The van der Waals surface area contributed by atoms with Crippen molar-refractivity contribution in [3.63, 3.8) is 0 Å². The van der Waals surface area contributed by atoms with Gasteiger partial charge in [0.15, 0.2) is 6.29 Å². The highest BCUT2D eigenvalue weighted by atomic mass is 32.2. The molecule has 0 radical (unpaired) electrons. The number of hydrogen-bond acceptors (Lipinski definition) is 4. The lowest BCUT2D eigenvalue weighted by atomic mass is 10.1. The van der Waals surface area contributed by atoms with Crippen molar-refractivity contribution in [1.29, 1.82) is 5.26 Å². The van der Waals surface area contributed by atoms with Crippen molar-refractivity contribution in [1.82, 2.24) is 3.97 Å². The summed E-state index contributed by atoms with van der Waals surface area (Å²) in [5, 5.41) is 9.79. The van der Waals surface area contributed by atoms with E-state index in [0.29, 0.717) is 17.2 Å². The van der Waals surface area contributed by atoms with Crippen LogP contribution in [-0.2, 0) is 10.0 Å². The Hall–Kier alpha value is -2.91. The van der Waals surface area contributed by atoms with Crippen molar-refractivity contribution >= 4 is 27.2 Å². The van der Waals surface area contributed by atoms with Crippen LogP contribution in [0.25, 0.3) is 10.9 Å². The largest absolute Gasteiger partial charge is 0.298 e. The topological polar surface area (TPSA) is 79.9 Å². The van der Waals surface area contributed by atoms with Crippen LogP contribution in [0.4, 0.5) is 0 Å². The summed E-state index contributed by atoms with van der Waals surface area (Å²) < 4.78 is 26.6. The van der Waals surface area contributed by atoms with E-state index in [2.05, 4.69) is 0 Å². The van der Waals surface area contributed by atoms with E-state index in [1.165, 1.54) is 12.1 Å². The number of nitriles is 1. The quantitative estimate of drug-likeness (QED) is 0.696. The number of carbonyl (C=O) groups is 1. The second-order valence-corrected chi connectivity index (χ2v) is 6.38. The average Bonchev–Trinajstić information content (AvgIpc) is 2.89. The molecule has 0 saturated heterocycles. The molecule has 0 unspecified atom stereocenters. The van der Waals surface area contributed by atoms with Crippen molar-refractivity contribution in [2.45, 2.75) is 4.90 Å². The van der Waals surface area contributed by atoms with Crippen molar-refractivity contribution in [3.8, 4) is 6.07 Å². The lowest BCUT2D eigenvalue weighted by molar-refractivity contribution is 0.112. The van der Waals surface area contributed by atoms with E-state index in [-0.39, 0.29) is 16.2 Å². The van der Waals surface area contributed by atoms with E-state index in [0.717, 1.165) is 3.97 Å². The molecule has 0 fully saturated rings. The highest BCUT2D eigenvalue weighted by Gasteiger charge is 2.26. The average molecular weight is 310 g/mol. The third kappa shape index (κ3) is 1.91. The number of aldehydes is 1. The molecule has 108 valence electrons. The Kier molecular flexibility index (Phi) is 3.28. The maximum Gasteiger partial charge on any atom is 0.269 e. The van der Waals surface area contributed by atoms with Crippen LogP contribution in [0.3, 0.4) is 0 Å². The predicted octanol–water partition coefficient (Wildman–Crippen LogP) is 2.56. The highest BCUT2D eigenvalue weighted by molar-refractivity contribution is 7.90. The van der Waals surface area contributed by atoms with E-state index < -0.39 is 10.0 Å². The molecule has 22 heavy (non-hydrogen) atoms. The molecule has 2 aromatic carbocycles. The zero-order valence-electron chi connectivity index (χ0n) is 11.3. The van der Waals surface area contributed by atoms with Gasteiger partial charge < -0.3 is 0 Å². The van der Waals surface area contributed by atoms with Gasteiger partial charge in [0.05, 0.1) is 16.0 Å². The molecular weight excluding hydrogens is 300 g/mol. The first-order valence-electron chi connectivity index (χ1n) is 6.40. The van der Waals surface area contributed by atoms with Crippen LogP contribution in [0.1, 0.15) is 16.1 Å². The van der Waals surface area contributed by atoms with Crippen LogP contribution in [-0.4, -0.2) is 18.7 Å². The van der Waals surface area contributed by atoms with E-state index in [1.54, 1.807) is 42.5 Å². The first-order chi connectivity index (χ1) is 10.6. The van der Waals surface area contributed by atoms with Crippen molar-refractivity contribution < 1.29 is 13.2 Å². The highest BCUT2D eigenvalue weighted by Crippen LogP contribution is 2.28. The van der Waals surface area contributed by atoms with E-state index >= 15 is 0 Å². The summed E-state index contributed by atoms with van der Waals surface area (Å²) in [6.45, 7) is 0. The van der Waals surface area contributed by atoms with Crippen LogP contribution < -0.4 is 0 Å². The molecule has 0 bridgehead atoms. The summed E-state index contributed by atoms with van der Waals surface area (Å²) in [7, 11) is -3.96. The third-order valence-electron chi connectivity index (χ3n) is 3.38. The lowest BCUT2D eigenvalue weighted by Gasteiger charge is -2.08. The van der Waals surface area contributed by atoms with Gasteiger partial charge in [0.1, 0.15) is 11.8 Å². The van der Waals surface area contributed by atoms with Crippen LogP contribution in [0.5, 0.6) is 0 Å². The number of nitrogens with zero attached hydrogens (tertiary/aromatic N) is 2. The first-order valence-corrected chi connectivity index (χ1v) is 7.84. The van der Waals surface area contributed by atoms with E-state index in [9.17, 15) is 18.5 Å². The van der Waals surface area contributed by atoms with Gasteiger partial charge in [-0.3, -0.25) is 4.79 Å². The molecule has 0 N–H and O–H groups in total. The van der Waals surface area contributed by atoms with Crippen LogP contribution >= 0.6 is 0 Å². The molecule has 0 spiro atoms. The summed E-state index contributed by atoms with van der Waals surface area (Å²) in [6.07, 6.45) is 0.512. The summed E-state index contributed by atoms with van der Waals surface area (Å²) in [4.78, 5) is 11.4. The molecule has 6 heteroatoms. The van der Waals surface area contributed by atoms with Gasteiger partial charge in [-0.25, -0.2) is 12.4 Å². The second-order valence-electron chi connectivity index (χ2n) is 4.59. The van der Waals surface area contributed by atoms with Gasteiger partial charge in [-0.1, -0.05) is 36.4 Å². The molecule has 1 aromatic heterocycles. The van der Waals surface area contributed by atoms with E-state index in [4.69, 9.17) is 0 Å². The number of hydrogen-bond donors (Lipinski definition) is 0. The molecule has 0 amide bonds.